The number of hydrogen-bond acceptors (Lipinski definition) is 4. The molecule has 1 saturated heterocycles. The number of aliphatic hydroxyl groups is 1. The number of aromatic nitrogens is 2. The molecular formula is C15H26N4O2. The predicted molar refractivity (Wildman–Crippen MR) is 81.1 cm³/mol. The fourth-order valence-electron chi connectivity index (χ4n) is 2.80. The average molecular weight is 294 g/mol. The number of carbonyl (C=O) groups is 1. The Kier molecular flexibility index (Phi) is 4.68. The molecular weight excluding hydrogens is 268 g/mol. The molecule has 2 heterocycles. The molecule has 2 N–H and O–H groups in total. The molecule has 21 heavy (non-hydrogen) atoms. The van der Waals surface area contributed by atoms with Gasteiger partial charge in [0.25, 0.3) is 0 Å². The van der Waals surface area contributed by atoms with Gasteiger partial charge in [0.15, 0.2) is 0 Å². The van der Waals surface area contributed by atoms with Gasteiger partial charge in [0, 0.05) is 44.0 Å². The molecule has 1 aliphatic heterocycles. The van der Waals surface area contributed by atoms with Crippen molar-refractivity contribution in [2.45, 2.75) is 39.7 Å². The second-order valence-electron chi connectivity index (χ2n) is 6.56. The minimum absolute atomic E-state index is 0.158. The van der Waals surface area contributed by atoms with Crippen molar-refractivity contribution >= 4 is 5.91 Å². The Labute approximate surface area is 126 Å². The average Bonchev–Trinajstić information content (AvgIpc) is 2.69. The van der Waals surface area contributed by atoms with E-state index in [0.717, 1.165) is 43.1 Å². The number of nitrogens with zero attached hydrogens (tertiary/aromatic N) is 3. The van der Waals surface area contributed by atoms with Crippen LogP contribution in [0.25, 0.3) is 0 Å². The monoisotopic (exact) mass is 294 g/mol. The van der Waals surface area contributed by atoms with E-state index >= 15 is 0 Å². The summed E-state index contributed by atoms with van der Waals surface area (Å²) in [6, 6.07) is 0. The first kappa shape index (κ1) is 16.0. The maximum Gasteiger partial charge on any atom is 0.227 e. The first-order valence-corrected chi connectivity index (χ1v) is 7.49. The van der Waals surface area contributed by atoms with Gasteiger partial charge < -0.3 is 10.0 Å². The van der Waals surface area contributed by atoms with Gasteiger partial charge in [-0.1, -0.05) is 0 Å². The number of rotatable bonds is 4. The summed E-state index contributed by atoms with van der Waals surface area (Å²) in [5.41, 5.74) is 2.21. The van der Waals surface area contributed by atoms with E-state index in [2.05, 4.69) is 15.1 Å². The Balaban J connectivity index is 1.86. The van der Waals surface area contributed by atoms with Gasteiger partial charge in [-0.05, 0) is 27.7 Å². The molecule has 6 heteroatoms. The first-order valence-electron chi connectivity index (χ1n) is 7.49. The van der Waals surface area contributed by atoms with E-state index in [-0.39, 0.29) is 5.91 Å². The molecule has 1 aromatic rings. The maximum atomic E-state index is 12.4. The number of H-pyrrole nitrogens is 1. The molecule has 1 aromatic heterocycles. The lowest BCUT2D eigenvalue weighted by Gasteiger charge is -2.37. The lowest BCUT2D eigenvalue weighted by molar-refractivity contribution is -0.132. The molecule has 0 atom stereocenters. The first-order chi connectivity index (χ1) is 9.76. The van der Waals surface area contributed by atoms with Gasteiger partial charge in [-0.15, -0.1) is 0 Å². The van der Waals surface area contributed by atoms with Crippen LogP contribution in [-0.4, -0.2) is 69.3 Å². The van der Waals surface area contributed by atoms with Crippen LogP contribution in [0.15, 0.2) is 0 Å². The van der Waals surface area contributed by atoms with Crippen molar-refractivity contribution in [1.82, 2.24) is 20.0 Å². The van der Waals surface area contributed by atoms with E-state index in [1.807, 2.05) is 32.6 Å². The van der Waals surface area contributed by atoms with Crippen LogP contribution >= 0.6 is 0 Å². The molecule has 0 aliphatic carbocycles. The highest BCUT2D eigenvalue weighted by Crippen LogP contribution is 2.13. The lowest BCUT2D eigenvalue weighted by atomic mass is 10.1. The van der Waals surface area contributed by atoms with Crippen molar-refractivity contribution in [3.05, 3.63) is 17.0 Å². The maximum absolute atomic E-state index is 12.4. The number of carbonyl (C=O) groups excluding carboxylic acids is 1. The zero-order valence-corrected chi connectivity index (χ0v) is 13.4. The molecule has 0 unspecified atom stereocenters. The molecule has 1 fully saturated rings. The molecule has 1 aliphatic rings. The summed E-state index contributed by atoms with van der Waals surface area (Å²) in [7, 11) is 0. The molecule has 2 rings (SSSR count). The third kappa shape index (κ3) is 4.28. The third-order valence-corrected chi connectivity index (χ3v) is 3.94. The van der Waals surface area contributed by atoms with Crippen LogP contribution < -0.4 is 0 Å². The number of piperazine rings is 1. The van der Waals surface area contributed by atoms with Crippen LogP contribution in [0.5, 0.6) is 0 Å². The van der Waals surface area contributed by atoms with Crippen molar-refractivity contribution < 1.29 is 9.90 Å². The number of aryl methyl sites for hydroxylation is 2. The second kappa shape index (κ2) is 6.15. The summed E-state index contributed by atoms with van der Waals surface area (Å²) in [5, 5.41) is 16.9. The van der Waals surface area contributed by atoms with Gasteiger partial charge in [-0.25, -0.2) is 0 Å². The van der Waals surface area contributed by atoms with Crippen molar-refractivity contribution in [1.29, 1.82) is 0 Å². The Morgan fingerprint density at radius 3 is 2.38 bits per heavy atom. The van der Waals surface area contributed by atoms with Crippen LogP contribution in [0.4, 0.5) is 0 Å². The highest BCUT2D eigenvalue weighted by atomic mass is 16.3. The highest BCUT2D eigenvalue weighted by molar-refractivity contribution is 5.79. The van der Waals surface area contributed by atoms with E-state index < -0.39 is 5.60 Å². The topological polar surface area (TPSA) is 72.5 Å². The minimum atomic E-state index is -0.683. The normalized spacial score (nSPS) is 17.3. The smallest absolute Gasteiger partial charge is 0.227 e. The summed E-state index contributed by atoms with van der Waals surface area (Å²) < 4.78 is 0. The summed E-state index contributed by atoms with van der Waals surface area (Å²) in [6.45, 7) is 11.2. The Bertz CT molecular complexity index is 477. The summed E-state index contributed by atoms with van der Waals surface area (Å²) in [4.78, 5) is 16.5. The molecule has 0 bridgehead atoms. The molecule has 0 aromatic carbocycles. The largest absolute Gasteiger partial charge is 0.389 e. The van der Waals surface area contributed by atoms with Crippen molar-refractivity contribution in [3.8, 4) is 0 Å². The van der Waals surface area contributed by atoms with Crippen molar-refractivity contribution in [2.24, 2.45) is 0 Å². The van der Waals surface area contributed by atoms with E-state index in [1.54, 1.807) is 0 Å². The lowest BCUT2D eigenvalue weighted by Crippen LogP contribution is -2.52. The second-order valence-corrected chi connectivity index (χ2v) is 6.56. The van der Waals surface area contributed by atoms with E-state index in [1.165, 1.54) is 0 Å². The SMILES string of the molecule is Cc1n[nH]c(C)c1CC(=O)N1CCN(CC(C)(C)O)CC1. The van der Waals surface area contributed by atoms with Gasteiger partial charge in [0.05, 0.1) is 17.7 Å². The fraction of sp³-hybridized carbons (Fsp3) is 0.733. The number of hydrogen-bond donors (Lipinski definition) is 2. The minimum Gasteiger partial charge on any atom is -0.389 e. The summed E-state index contributed by atoms with van der Waals surface area (Å²) in [6.07, 6.45) is 0.416. The Morgan fingerprint density at radius 2 is 1.90 bits per heavy atom. The van der Waals surface area contributed by atoms with Crippen molar-refractivity contribution in [3.63, 3.8) is 0 Å². The molecule has 1 amide bonds. The number of amides is 1. The van der Waals surface area contributed by atoms with Gasteiger partial charge in [0.2, 0.25) is 5.91 Å². The van der Waals surface area contributed by atoms with E-state index in [4.69, 9.17) is 0 Å². The van der Waals surface area contributed by atoms with Crippen LogP contribution in [0, 0.1) is 13.8 Å². The standard InChI is InChI=1S/C15H26N4O2/c1-11-13(12(2)17-16-11)9-14(20)19-7-5-18(6-8-19)10-15(3,4)21/h21H,5-10H2,1-4H3,(H,16,17). The number of nitrogens with one attached hydrogen (secondary N) is 1. The Morgan fingerprint density at radius 1 is 1.29 bits per heavy atom. The third-order valence-electron chi connectivity index (χ3n) is 3.94. The Hall–Kier alpha value is -1.40. The summed E-state index contributed by atoms with van der Waals surface area (Å²) in [5.74, 6) is 0.158. The zero-order chi connectivity index (χ0) is 15.6. The number of aromatic amines is 1. The van der Waals surface area contributed by atoms with Crippen LogP contribution in [0.1, 0.15) is 30.8 Å². The van der Waals surface area contributed by atoms with Crippen LogP contribution in [-0.2, 0) is 11.2 Å². The molecule has 0 radical (unpaired) electrons. The summed E-state index contributed by atoms with van der Waals surface area (Å²) >= 11 is 0. The quantitative estimate of drug-likeness (QED) is 0.847. The number of β-amino-alcohol motifs (C(OH)–C–C–N with tert-alkyl or cyclic N) is 1. The molecule has 0 spiro atoms. The van der Waals surface area contributed by atoms with Crippen molar-refractivity contribution in [2.75, 3.05) is 32.7 Å². The highest BCUT2D eigenvalue weighted by Gasteiger charge is 2.25. The van der Waals surface area contributed by atoms with E-state index in [0.29, 0.717) is 13.0 Å². The van der Waals surface area contributed by atoms with Gasteiger partial charge >= 0.3 is 0 Å². The van der Waals surface area contributed by atoms with Gasteiger partial charge in [-0.2, -0.15) is 5.10 Å². The molecule has 118 valence electrons. The molecule has 6 nitrogen and oxygen atoms in total. The van der Waals surface area contributed by atoms with Crippen LogP contribution in [0.2, 0.25) is 0 Å². The predicted octanol–water partition coefficient (Wildman–Crippen LogP) is 0.484. The van der Waals surface area contributed by atoms with Gasteiger partial charge in [-0.3, -0.25) is 14.8 Å². The molecule has 0 saturated carbocycles. The zero-order valence-electron chi connectivity index (χ0n) is 13.4. The van der Waals surface area contributed by atoms with Gasteiger partial charge in [0.1, 0.15) is 0 Å². The van der Waals surface area contributed by atoms with E-state index in [9.17, 15) is 9.90 Å². The fourth-order valence-corrected chi connectivity index (χ4v) is 2.80. The van der Waals surface area contributed by atoms with Crippen LogP contribution in [0.3, 0.4) is 0 Å².